The number of allylic oxidation sites excluding steroid dienone is 4. The minimum Gasteiger partial charge on any atom is -0.333 e. The fourth-order valence-electron chi connectivity index (χ4n) is 2.48. The van der Waals surface area contributed by atoms with Gasteiger partial charge < -0.3 is 10.5 Å². The quantitative estimate of drug-likeness (QED) is 0.569. The van der Waals surface area contributed by atoms with E-state index >= 15 is 0 Å². The van der Waals surface area contributed by atoms with Crippen molar-refractivity contribution in [2.75, 3.05) is 7.05 Å². The SMILES string of the molecule is C/C=C\C=C(/C)c1cc(-c2ccc(C)cc2)n(-c2ccccn2)n1.C=O.CC.CN. The van der Waals surface area contributed by atoms with Crippen molar-refractivity contribution in [2.24, 2.45) is 5.73 Å². The molecule has 0 aliphatic rings. The van der Waals surface area contributed by atoms with Gasteiger partial charge in [0.2, 0.25) is 0 Å². The van der Waals surface area contributed by atoms with E-state index in [9.17, 15) is 0 Å². The molecule has 0 aliphatic carbocycles. The van der Waals surface area contributed by atoms with Crippen molar-refractivity contribution in [1.29, 1.82) is 0 Å². The Morgan fingerprint density at radius 3 is 2.23 bits per heavy atom. The molecule has 0 fully saturated rings. The lowest BCUT2D eigenvalue weighted by molar-refractivity contribution is -0.0979. The summed E-state index contributed by atoms with van der Waals surface area (Å²) in [6.45, 7) is 12.2. The van der Waals surface area contributed by atoms with Crippen molar-refractivity contribution in [1.82, 2.24) is 14.8 Å². The lowest BCUT2D eigenvalue weighted by Crippen LogP contribution is -2.01. The summed E-state index contributed by atoms with van der Waals surface area (Å²) in [4.78, 5) is 12.5. The van der Waals surface area contributed by atoms with E-state index in [1.54, 1.807) is 6.20 Å². The number of hydrogen-bond donors (Lipinski definition) is 1. The molecule has 5 nitrogen and oxygen atoms in total. The Bertz CT molecular complexity index is 895. The van der Waals surface area contributed by atoms with Gasteiger partial charge in [-0.2, -0.15) is 5.10 Å². The Labute approximate surface area is 181 Å². The number of rotatable bonds is 4. The van der Waals surface area contributed by atoms with Crippen LogP contribution in [0, 0.1) is 6.92 Å². The van der Waals surface area contributed by atoms with Gasteiger partial charge in [0.15, 0.2) is 5.82 Å². The fraction of sp³-hybridized carbons (Fsp3) is 0.240. The number of carbonyl (C=O) groups excluding carboxylic acids is 1. The zero-order valence-corrected chi connectivity index (χ0v) is 19.0. The minimum absolute atomic E-state index is 0.818. The van der Waals surface area contributed by atoms with Gasteiger partial charge >= 0.3 is 0 Å². The summed E-state index contributed by atoms with van der Waals surface area (Å²) in [5, 5.41) is 4.78. The number of pyridine rings is 1. The lowest BCUT2D eigenvalue weighted by Gasteiger charge is -2.06. The molecule has 0 bridgehead atoms. The molecule has 2 N–H and O–H groups in total. The van der Waals surface area contributed by atoms with Crippen molar-refractivity contribution in [3.8, 4) is 17.1 Å². The van der Waals surface area contributed by atoms with Crippen LogP contribution < -0.4 is 5.73 Å². The van der Waals surface area contributed by atoms with Gasteiger partial charge in [0.25, 0.3) is 0 Å². The van der Waals surface area contributed by atoms with Crippen LogP contribution in [-0.2, 0) is 4.79 Å². The zero-order chi connectivity index (χ0) is 22.9. The molecule has 30 heavy (non-hydrogen) atoms. The number of benzene rings is 1. The summed E-state index contributed by atoms with van der Waals surface area (Å²) >= 11 is 0. The van der Waals surface area contributed by atoms with Crippen LogP contribution in [0.5, 0.6) is 0 Å². The smallest absolute Gasteiger partial charge is 0.153 e. The van der Waals surface area contributed by atoms with E-state index in [0.29, 0.717) is 0 Å². The summed E-state index contributed by atoms with van der Waals surface area (Å²) in [6, 6.07) is 16.5. The van der Waals surface area contributed by atoms with Gasteiger partial charge in [-0.1, -0.05) is 68.0 Å². The first-order valence-corrected chi connectivity index (χ1v) is 9.94. The Balaban J connectivity index is 0.00000129. The molecular weight excluding hydrogens is 372 g/mol. The first kappa shape index (κ1) is 26.7. The molecule has 3 aromatic rings. The van der Waals surface area contributed by atoms with Crippen LogP contribution in [0.4, 0.5) is 0 Å². The van der Waals surface area contributed by atoms with E-state index in [4.69, 9.17) is 9.89 Å². The highest BCUT2D eigenvalue weighted by Gasteiger charge is 2.13. The molecule has 0 spiro atoms. The first-order valence-electron chi connectivity index (χ1n) is 9.94. The molecule has 160 valence electrons. The number of nitrogens with two attached hydrogens (primary N) is 1. The summed E-state index contributed by atoms with van der Waals surface area (Å²) in [5.74, 6) is 0.818. The molecule has 2 aromatic heterocycles. The van der Waals surface area contributed by atoms with Crippen LogP contribution in [-0.4, -0.2) is 28.6 Å². The van der Waals surface area contributed by atoms with Crippen molar-refractivity contribution in [2.45, 2.75) is 34.6 Å². The van der Waals surface area contributed by atoms with Crippen LogP contribution in [0.15, 0.2) is 73.0 Å². The average molecular weight is 407 g/mol. The third-order valence-corrected chi connectivity index (χ3v) is 3.87. The van der Waals surface area contributed by atoms with E-state index < -0.39 is 0 Å². The monoisotopic (exact) mass is 406 g/mol. The van der Waals surface area contributed by atoms with Gasteiger partial charge in [0.05, 0.1) is 11.4 Å². The normalized spacial score (nSPS) is 10.2. The minimum atomic E-state index is 0.818. The van der Waals surface area contributed by atoms with E-state index in [-0.39, 0.29) is 0 Å². The molecule has 5 heteroatoms. The Hall–Kier alpha value is -3.31. The predicted molar refractivity (Wildman–Crippen MR) is 129 cm³/mol. The fourth-order valence-corrected chi connectivity index (χ4v) is 2.48. The Kier molecular flexibility index (Phi) is 13.9. The summed E-state index contributed by atoms with van der Waals surface area (Å²) < 4.78 is 1.91. The van der Waals surface area contributed by atoms with Crippen LogP contribution >= 0.6 is 0 Å². The second-order valence-electron chi connectivity index (χ2n) is 5.76. The number of aromatic nitrogens is 3. The van der Waals surface area contributed by atoms with Crippen molar-refractivity contribution < 1.29 is 4.79 Å². The molecule has 0 saturated carbocycles. The highest BCUT2D eigenvalue weighted by Crippen LogP contribution is 2.26. The van der Waals surface area contributed by atoms with Crippen LogP contribution in [0.25, 0.3) is 22.6 Å². The molecular formula is C25H34N4O. The Morgan fingerprint density at radius 1 is 1.07 bits per heavy atom. The molecule has 1 aromatic carbocycles. The highest BCUT2D eigenvalue weighted by atomic mass is 16.1. The van der Waals surface area contributed by atoms with E-state index in [0.717, 1.165) is 28.3 Å². The van der Waals surface area contributed by atoms with Gasteiger partial charge in [-0.05, 0) is 51.6 Å². The van der Waals surface area contributed by atoms with E-state index in [1.165, 1.54) is 12.6 Å². The average Bonchev–Trinajstić information content (AvgIpc) is 3.28. The van der Waals surface area contributed by atoms with E-state index in [1.807, 2.05) is 62.6 Å². The summed E-state index contributed by atoms with van der Waals surface area (Å²) in [7, 11) is 1.50. The van der Waals surface area contributed by atoms with Crippen molar-refractivity contribution in [3.63, 3.8) is 0 Å². The molecule has 3 rings (SSSR count). The lowest BCUT2D eigenvalue weighted by atomic mass is 10.1. The highest BCUT2D eigenvalue weighted by molar-refractivity contribution is 5.70. The predicted octanol–water partition coefficient (Wildman–Crippen LogP) is 5.64. The standard InChI is InChI=1S/C21H21N3.C2H6.CH5N.CH2O/c1-4-5-8-17(3)19-15-20(18-12-10-16(2)11-13-18)24(23-19)21-9-6-7-14-22-21;3*1-2/h4-15H,1-3H3;1-2H3;2H2,1H3;1H2/b5-4-,17-8+;;;. The van der Waals surface area contributed by atoms with Crippen molar-refractivity contribution >= 4 is 12.4 Å². The molecule has 0 saturated heterocycles. The molecule has 0 atom stereocenters. The van der Waals surface area contributed by atoms with Gasteiger partial charge in [-0.3, -0.25) is 0 Å². The largest absolute Gasteiger partial charge is 0.333 e. The molecule has 0 amide bonds. The number of nitrogens with zero attached hydrogens (tertiary/aromatic N) is 3. The maximum Gasteiger partial charge on any atom is 0.153 e. The van der Waals surface area contributed by atoms with Crippen molar-refractivity contribution in [3.05, 3.63) is 84.2 Å². The number of carbonyl (C=O) groups is 1. The maximum atomic E-state index is 8.00. The Morgan fingerprint density at radius 2 is 1.70 bits per heavy atom. The van der Waals surface area contributed by atoms with E-state index in [2.05, 4.69) is 61.0 Å². The first-order chi connectivity index (χ1) is 14.7. The second kappa shape index (κ2) is 15.6. The molecule has 2 heterocycles. The molecule has 0 aliphatic heterocycles. The van der Waals surface area contributed by atoms with Crippen LogP contribution in [0.3, 0.4) is 0 Å². The van der Waals surface area contributed by atoms with Gasteiger partial charge in [0, 0.05) is 11.8 Å². The summed E-state index contributed by atoms with van der Waals surface area (Å²) in [5.41, 5.74) is 9.98. The third kappa shape index (κ3) is 7.60. The second-order valence-corrected chi connectivity index (χ2v) is 5.76. The molecule has 0 unspecified atom stereocenters. The zero-order valence-electron chi connectivity index (χ0n) is 19.0. The van der Waals surface area contributed by atoms with Crippen LogP contribution in [0.2, 0.25) is 0 Å². The molecule has 0 radical (unpaired) electrons. The topological polar surface area (TPSA) is 73.8 Å². The number of hydrogen-bond acceptors (Lipinski definition) is 4. The maximum absolute atomic E-state index is 8.00. The third-order valence-electron chi connectivity index (χ3n) is 3.87. The van der Waals surface area contributed by atoms with Gasteiger partial charge in [-0.25, -0.2) is 9.67 Å². The van der Waals surface area contributed by atoms with Gasteiger partial charge in [0.1, 0.15) is 6.79 Å². The van der Waals surface area contributed by atoms with Crippen LogP contribution in [0.1, 0.15) is 39.0 Å². The van der Waals surface area contributed by atoms with Gasteiger partial charge in [-0.15, -0.1) is 0 Å². The summed E-state index contributed by atoms with van der Waals surface area (Å²) in [6.07, 6.45) is 7.91. The number of aryl methyl sites for hydroxylation is 1.